The summed E-state index contributed by atoms with van der Waals surface area (Å²) in [7, 11) is 0. The predicted octanol–water partition coefficient (Wildman–Crippen LogP) is 5.00. The Morgan fingerprint density at radius 1 is 1.12 bits per heavy atom. The van der Waals surface area contributed by atoms with Gasteiger partial charge in [0, 0.05) is 17.6 Å². The molecule has 3 aromatic rings. The number of amides is 1. The summed E-state index contributed by atoms with van der Waals surface area (Å²) in [5.41, 5.74) is 4.05. The molecule has 6 heteroatoms. The molecule has 1 heterocycles. The van der Waals surface area contributed by atoms with Gasteiger partial charge in [-0.05, 0) is 59.9 Å². The van der Waals surface area contributed by atoms with Crippen molar-refractivity contribution >= 4 is 22.8 Å². The van der Waals surface area contributed by atoms with E-state index in [4.69, 9.17) is 9.72 Å². The van der Waals surface area contributed by atoms with Crippen molar-refractivity contribution in [1.29, 1.82) is 0 Å². The monoisotopic (exact) mass is 448 g/mol. The molecule has 4 rings (SSSR count). The van der Waals surface area contributed by atoms with Crippen LogP contribution in [0, 0.1) is 17.2 Å². The zero-order valence-corrected chi connectivity index (χ0v) is 19.3. The van der Waals surface area contributed by atoms with Crippen LogP contribution >= 0.6 is 0 Å². The maximum atomic E-state index is 13.2. The Kier molecular flexibility index (Phi) is 6.45. The number of nitrogens with zero attached hydrogens (tertiary/aromatic N) is 1. The average molecular weight is 449 g/mol. The maximum Gasteiger partial charge on any atom is 0.339 e. The summed E-state index contributed by atoms with van der Waals surface area (Å²) in [6, 6.07) is 13.4. The van der Waals surface area contributed by atoms with Gasteiger partial charge in [-0.15, -0.1) is 0 Å². The molecule has 0 saturated heterocycles. The first-order valence-electron chi connectivity index (χ1n) is 11.3. The number of aryl methyl sites for hydroxylation is 1. The number of ether oxygens (including phenoxy) is 1. The van der Waals surface area contributed by atoms with Crippen molar-refractivity contribution in [3.8, 4) is 0 Å². The van der Waals surface area contributed by atoms with Crippen LogP contribution in [0.1, 0.15) is 54.4 Å². The molecule has 0 saturated carbocycles. The second-order valence-electron chi connectivity index (χ2n) is 9.71. The number of carbonyl (C=O) groups excluding carboxylic acids is 2. The molecule has 1 aromatic heterocycles. The Bertz CT molecular complexity index is 1180. The number of hydrogen-bond acceptors (Lipinski definition) is 4. The quantitative estimate of drug-likeness (QED) is 0.558. The van der Waals surface area contributed by atoms with Crippen LogP contribution in [0.4, 0.5) is 4.39 Å². The number of esters is 1. The standard InChI is InChI=1S/C27H29FN2O3/c1-27(2,3)18-10-13-23-21(14-18)25(20-6-4-5-7-22(20)30-23)26(32)33-16-24(31)29-15-17-8-11-19(28)12-9-17/h4-9,11-12,18H,10,13-16H2,1-3H3,(H,29,31). The molecule has 33 heavy (non-hydrogen) atoms. The molecule has 0 bridgehead atoms. The third-order valence-corrected chi connectivity index (χ3v) is 6.43. The van der Waals surface area contributed by atoms with Crippen LogP contribution in [0.25, 0.3) is 10.9 Å². The summed E-state index contributed by atoms with van der Waals surface area (Å²) in [4.78, 5) is 30.3. The molecule has 2 aromatic carbocycles. The number of benzene rings is 2. The summed E-state index contributed by atoms with van der Waals surface area (Å²) in [5.74, 6) is -0.817. The highest BCUT2D eigenvalue weighted by atomic mass is 19.1. The van der Waals surface area contributed by atoms with Crippen molar-refractivity contribution in [2.24, 2.45) is 11.3 Å². The number of halogens is 1. The second kappa shape index (κ2) is 9.30. The summed E-state index contributed by atoms with van der Waals surface area (Å²) < 4.78 is 18.5. The largest absolute Gasteiger partial charge is 0.452 e. The Morgan fingerprint density at radius 3 is 2.58 bits per heavy atom. The number of aromatic nitrogens is 1. The molecular formula is C27H29FN2O3. The lowest BCUT2D eigenvalue weighted by atomic mass is 9.70. The van der Waals surface area contributed by atoms with Gasteiger partial charge < -0.3 is 10.1 Å². The van der Waals surface area contributed by atoms with Crippen molar-refractivity contribution in [1.82, 2.24) is 10.3 Å². The third kappa shape index (κ3) is 5.21. The van der Waals surface area contributed by atoms with E-state index in [2.05, 4.69) is 26.1 Å². The summed E-state index contributed by atoms with van der Waals surface area (Å²) in [6.45, 7) is 6.52. The Labute approximate surface area is 193 Å². The zero-order chi connectivity index (χ0) is 23.6. The molecule has 1 atom stereocenters. The van der Waals surface area contributed by atoms with Crippen LogP contribution in [0.2, 0.25) is 0 Å². The number of rotatable bonds is 5. The van der Waals surface area contributed by atoms with Crippen LogP contribution in [0.3, 0.4) is 0 Å². The van der Waals surface area contributed by atoms with E-state index in [9.17, 15) is 14.0 Å². The van der Waals surface area contributed by atoms with Crippen LogP contribution in [-0.2, 0) is 28.9 Å². The molecule has 0 aliphatic heterocycles. The van der Waals surface area contributed by atoms with E-state index < -0.39 is 11.9 Å². The zero-order valence-electron chi connectivity index (χ0n) is 19.3. The first-order chi connectivity index (χ1) is 15.7. The van der Waals surface area contributed by atoms with E-state index >= 15 is 0 Å². The van der Waals surface area contributed by atoms with E-state index in [0.717, 1.165) is 47.0 Å². The van der Waals surface area contributed by atoms with Gasteiger partial charge in [-0.1, -0.05) is 51.1 Å². The van der Waals surface area contributed by atoms with Crippen molar-refractivity contribution in [2.45, 2.75) is 46.6 Å². The third-order valence-electron chi connectivity index (χ3n) is 6.43. The van der Waals surface area contributed by atoms with Gasteiger partial charge >= 0.3 is 5.97 Å². The predicted molar refractivity (Wildman–Crippen MR) is 125 cm³/mol. The van der Waals surface area contributed by atoms with Gasteiger partial charge in [0.2, 0.25) is 0 Å². The first-order valence-corrected chi connectivity index (χ1v) is 11.3. The minimum absolute atomic E-state index is 0.116. The van der Waals surface area contributed by atoms with E-state index in [1.165, 1.54) is 12.1 Å². The number of hydrogen-bond donors (Lipinski definition) is 1. The van der Waals surface area contributed by atoms with Gasteiger partial charge in [0.15, 0.2) is 6.61 Å². The van der Waals surface area contributed by atoms with Gasteiger partial charge in [0.05, 0.1) is 11.1 Å². The number of pyridine rings is 1. The van der Waals surface area contributed by atoms with Crippen molar-refractivity contribution in [3.63, 3.8) is 0 Å². The molecule has 1 amide bonds. The van der Waals surface area contributed by atoms with Gasteiger partial charge in [-0.3, -0.25) is 9.78 Å². The van der Waals surface area contributed by atoms with E-state index in [1.807, 2.05) is 24.3 Å². The van der Waals surface area contributed by atoms with Crippen LogP contribution < -0.4 is 5.32 Å². The minimum Gasteiger partial charge on any atom is -0.452 e. The lowest BCUT2D eigenvalue weighted by Gasteiger charge is -2.35. The van der Waals surface area contributed by atoms with Crippen LogP contribution in [0.15, 0.2) is 48.5 Å². The number of fused-ring (bicyclic) bond motifs is 2. The highest BCUT2D eigenvalue weighted by Gasteiger charge is 2.33. The maximum absolute atomic E-state index is 13.2. The topological polar surface area (TPSA) is 68.3 Å². The van der Waals surface area contributed by atoms with E-state index in [1.54, 1.807) is 12.1 Å². The summed E-state index contributed by atoms with van der Waals surface area (Å²) in [6.07, 6.45) is 2.61. The smallest absolute Gasteiger partial charge is 0.339 e. The SMILES string of the molecule is CC(C)(C)C1CCc2nc3ccccc3c(C(=O)OCC(=O)NCc3ccc(F)cc3)c2C1. The van der Waals surface area contributed by atoms with Crippen LogP contribution in [0.5, 0.6) is 0 Å². The fourth-order valence-electron chi connectivity index (χ4n) is 4.42. The molecule has 1 N–H and O–H groups in total. The first kappa shape index (κ1) is 22.9. The van der Waals surface area contributed by atoms with Gasteiger partial charge in [0.25, 0.3) is 5.91 Å². The highest BCUT2D eigenvalue weighted by Crippen LogP contribution is 2.39. The molecule has 1 unspecified atom stereocenters. The van der Waals surface area contributed by atoms with Crippen molar-refractivity contribution in [2.75, 3.05) is 6.61 Å². The molecule has 1 aliphatic rings. The fourth-order valence-corrected chi connectivity index (χ4v) is 4.42. The normalized spacial score (nSPS) is 15.7. The number of nitrogens with one attached hydrogen (secondary N) is 1. The number of para-hydroxylation sites is 1. The number of carbonyl (C=O) groups is 2. The summed E-state index contributed by atoms with van der Waals surface area (Å²) in [5, 5.41) is 3.45. The van der Waals surface area contributed by atoms with Crippen molar-refractivity contribution in [3.05, 3.63) is 76.7 Å². The molecule has 0 fully saturated rings. The van der Waals surface area contributed by atoms with E-state index in [-0.39, 0.29) is 24.4 Å². The molecule has 5 nitrogen and oxygen atoms in total. The molecule has 0 radical (unpaired) electrons. The molecule has 172 valence electrons. The second-order valence-corrected chi connectivity index (χ2v) is 9.71. The van der Waals surface area contributed by atoms with Crippen molar-refractivity contribution < 1.29 is 18.7 Å². The fraction of sp³-hybridized carbons (Fsp3) is 0.370. The van der Waals surface area contributed by atoms with Gasteiger partial charge in [-0.25, -0.2) is 9.18 Å². The Hall–Kier alpha value is -3.28. The Balaban J connectivity index is 1.52. The lowest BCUT2D eigenvalue weighted by Crippen LogP contribution is -2.30. The lowest BCUT2D eigenvalue weighted by molar-refractivity contribution is -0.124. The van der Waals surface area contributed by atoms with Gasteiger partial charge in [0.1, 0.15) is 5.82 Å². The summed E-state index contributed by atoms with van der Waals surface area (Å²) >= 11 is 0. The minimum atomic E-state index is -0.503. The molecular weight excluding hydrogens is 419 g/mol. The highest BCUT2D eigenvalue weighted by molar-refractivity contribution is 6.05. The average Bonchev–Trinajstić information content (AvgIpc) is 2.79. The molecule has 0 spiro atoms. The molecule has 1 aliphatic carbocycles. The Morgan fingerprint density at radius 2 is 1.85 bits per heavy atom. The van der Waals surface area contributed by atoms with Gasteiger partial charge in [-0.2, -0.15) is 0 Å². The van der Waals surface area contributed by atoms with Crippen LogP contribution in [-0.4, -0.2) is 23.5 Å². The van der Waals surface area contributed by atoms with E-state index in [0.29, 0.717) is 11.5 Å².